The number of nitrogens with zero attached hydrogens (tertiary/aromatic N) is 1. The maximum atomic E-state index is 12.9. The van der Waals surface area contributed by atoms with Crippen LogP contribution in [0.2, 0.25) is 10.0 Å². The van der Waals surface area contributed by atoms with E-state index in [1.165, 1.54) is 16.4 Å². The summed E-state index contributed by atoms with van der Waals surface area (Å²) in [7, 11) is -3.86. The predicted molar refractivity (Wildman–Crippen MR) is 113 cm³/mol. The zero-order valence-electron chi connectivity index (χ0n) is 16.6. The lowest BCUT2D eigenvalue weighted by atomic mass is 10.2. The van der Waals surface area contributed by atoms with Crippen LogP contribution in [0.25, 0.3) is 0 Å². The summed E-state index contributed by atoms with van der Waals surface area (Å²) in [6.45, 7) is 3.29. The standard InChI is InChI=1S/C19H26Cl2N2O6S/c20-16-12-17(21)18(30(25,26)23-5-9-27-10-6-23)11-15(16)19(24)22-4-2-7-28-13-14-3-1-8-29-14/h11-12,14H,1-10,13H2,(H,22,24). The van der Waals surface area contributed by atoms with Crippen LogP contribution < -0.4 is 5.32 Å². The van der Waals surface area contributed by atoms with Crippen molar-refractivity contribution in [2.45, 2.75) is 30.3 Å². The van der Waals surface area contributed by atoms with Gasteiger partial charge in [-0.05, 0) is 31.4 Å². The SMILES string of the molecule is O=C(NCCCOCC1CCCO1)c1cc(S(=O)(=O)N2CCOCC2)c(Cl)cc1Cl. The summed E-state index contributed by atoms with van der Waals surface area (Å²) < 4.78 is 43.4. The highest BCUT2D eigenvalue weighted by atomic mass is 35.5. The summed E-state index contributed by atoms with van der Waals surface area (Å²) in [4.78, 5) is 12.4. The van der Waals surface area contributed by atoms with E-state index < -0.39 is 15.9 Å². The fraction of sp³-hybridized carbons (Fsp3) is 0.632. The van der Waals surface area contributed by atoms with Gasteiger partial charge in [0.1, 0.15) is 4.90 Å². The first-order valence-electron chi connectivity index (χ1n) is 9.94. The van der Waals surface area contributed by atoms with Crippen LogP contribution in [0.15, 0.2) is 17.0 Å². The average Bonchev–Trinajstić information content (AvgIpc) is 3.24. The van der Waals surface area contributed by atoms with Crippen LogP contribution in [0.5, 0.6) is 0 Å². The van der Waals surface area contributed by atoms with Crippen molar-refractivity contribution in [1.82, 2.24) is 9.62 Å². The number of carbonyl (C=O) groups is 1. The Hall–Kier alpha value is -0.940. The van der Waals surface area contributed by atoms with Crippen LogP contribution in [-0.4, -0.2) is 77.4 Å². The number of halogens is 2. The molecule has 1 N–H and O–H groups in total. The van der Waals surface area contributed by atoms with Crippen LogP contribution in [-0.2, 0) is 24.2 Å². The van der Waals surface area contributed by atoms with Gasteiger partial charge >= 0.3 is 0 Å². The van der Waals surface area contributed by atoms with Crippen molar-refractivity contribution in [3.8, 4) is 0 Å². The molecule has 8 nitrogen and oxygen atoms in total. The van der Waals surface area contributed by atoms with Crippen molar-refractivity contribution in [3.63, 3.8) is 0 Å². The molecule has 0 aromatic heterocycles. The molecule has 0 saturated carbocycles. The van der Waals surface area contributed by atoms with E-state index in [0.717, 1.165) is 19.4 Å². The number of carbonyl (C=O) groups excluding carboxylic acids is 1. The van der Waals surface area contributed by atoms with Crippen molar-refractivity contribution in [2.24, 2.45) is 0 Å². The Morgan fingerprint density at radius 3 is 2.67 bits per heavy atom. The van der Waals surface area contributed by atoms with Crippen molar-refractivity contribution in [3.05, 3.63) is 27.7 Å². The monoisotopic (exact) mass is 480 g/mol. The van der Waals surface area contributed by atoms with Gasteiger partial charge in [0.25, 0.3) is 5.91 Å². The number of hydrogen-bond acceptors (Lipinski definition) is 6. The van der Waals surface area contributed by atoms with Crippen LogP contribution >= 0.6 is 23.2 Å². The Kier molecular flexibility index (Phi) is 8.76. The van der Waals surface area contributed by atoms with Crippen LogP contribution in [0.4, 0.5) is 0 Å². The maximum Gasteiger partial charge on any atom is 0.252 e. The number of sulfonamides is 1. The van der Waals surface area contributed by atoms with Crippen molar-refractivity contribution in [2.75, 3.05) is 52.7 Å². The van der Waals surface area contributed by atoms with E-state index in [1.54, 1.807) is 0 Å². The van der Waals surface area contributed by atoms with Gasteiger partial charge in [-0.25, -0.2) is 8.42 Å². The molecule has 1 amide bonds. The summed E-state index contributed by atoms with van der Waals surface area (Å²) in [5, 5.41) is 2.81. The maximum absolute atomic E-state index is 12.9. The summed E-state index contributed by atoms with van der Waals surface area (Å²) in [6, 6.07) is 2.52. The van der Waals surface area contributed by atoms with Crippen LogP contribution in [0.3, 0.4) is 0 Å². The Balaban J connectivity index is 1.56. The first-order valence-corrected chi connectivity index (χ1v) is 12.1. The molecule has 0 radical (unpaired) electrons. The highest BCUT2D eigenvalue weighted by Gasteiger charge is 2.30. The second kappa shape index (κ2) is 11.1. The fourth-order valence-corrected chi connectivity index (χ4v) is 5.53. The summed E-state index contributed by atoms with van der Waals surface area (Å²) in [5.74, 6) is -0.464. The molecule has 0 aliphatic carbocycles. The lowest BCUT2D eigenvalue weighted by Gasteiger charge is -2.26. The van der Waals surface area contributed by atoms with E-state index in [-0.39, 0.29) is 39.7 Å². The molecule has 168 valence electrons. The molecule has 0 spiro atoms. The van der Waals surface area contributed by atoms with E-state index in [4.69, 9.17) is 37.4 Å². The van der Waals surface area contributed by atoms with Gasteiger partial charge in [-0.2, -0.15) is 4.31 Å². The Labute approximate surface area is 186 Å². The zero-order chi connectivity index (χ0) is 21.6. The number of hydrogen-bond donors (Lipinski definition) is 1. The molecule has 11 heteroatoms. The average molecular weight is 481 g/mol. The lowest BCUT2D eigenvalue weighted by molar-refractivity contribution is 0.0166. The molecule has 3 rings (SSSR count). The largest absolute Gasteiger partial charge is 0.379 e. The molecule has 2 aliphatic heterocycles. The molecule has 30 heavy (non-hydrogen) atoms. The Morgan fingerprint density at radius 2 is 1.97 bits per heavy atom. The Morgan fingerprint density at radius 1 is 1.20 bits per heavy atom. The van der Waals surface area contributed by atoms with Gasteiger partial charge in [0.15, 0.2) is 0 Å². The smallest absolute Gasteiger partial charge is 0.252 e. The molecule has 2 heterocycles. The molecule has 2 saturated heterocycles. The van der Waals surface area contributed by atoms with Gasteiger partial charge in [-0.15, -0.1) is 0 Å². The predicted octanol–water partition coefficient (Wildman–Crippen LogP) is 2.33. The third-order valence-corrected chi connectivity index (χ3v) is 7.61. The molecule has 1 aromatic rings. The van der Waals surface area contributed by atoms with Crippen molar-refractivity contribution in [1.29, 1.82) is 0 Å². The van der Waals surface area contributed by atoms with Gasteiger partial charge in [0.05, 0.1) is 41.5 Å². The van der Waals surface area contributed by atoms with Gasteiger partial charge in [0, 0.05) is 32.8 Å². The van der Waals surface area contributed by atoms with E-state index in [0.29, 0.717) is 39.4 Å². The number of amides is 1. The molecule has 1 aromatic carbocycles. The van der Waals surface area contributed by atoms with Gasteiger partial charge in [0.2, 0.25) is 10.0 Å². The van der Waals surface area contributed by atoms with Crippen LogP contribution in [0.1, 0.15) is 29.6 Å². The fourth-order valence-electron chi connectivity index (χ4n) is 3.29. The van der Waals surface area contributed by atoms with Gasteiger partial charge in [-0.3, -0.25) is 4.79 Å². The third kappa shape index (κ3) is 6.06. The quantitative estimate of drug-likeness (QED) is 0.545. The van der Waals surface area contributed by atoms with Gasteiger partial charge in [-0.1, -0.05) is 23.2 Å². The van der Waals surface area contributed by atoms with Crippen LogP contribution in [0, 0.1) is 0 Å². The summed E-state index contributed by atoms with van der Waals surface area (Å²) >= 11 is 12.3. The lowest BCUT2D eigenvalue weighted by Crippen LogP contribution is -2.40. The normalized spacial score (nSPS) is 20.4. The molecular weight excluding hydrogens is 455 g/mol. The highest BCUT2D eigenvalue weighted by Crippen LogP contribution is 2.31. The molecular formula is C19H26Cl2N2O6S. The number of morpholine rings is 1. The number of rotatable bonds is 9. The minimum absolute atomic E-state index is 0.0226. The van der Waals surface area contributed by atoms with E-state index in [9.17, 15) is 13.2 Å². The number of nitrogens with one attached hydrogen (secondary N) is 1. The minimum atomic E-state index is -3.86. The second-order valence-corrected chi connectivity index (χ2v) is 9.82. The molecule has 2 fully saturated rings. The highest BCUT2D eigenvalue weighted by molar-refractivity contribution is 7.89. The van der Waals surface area contributed by atoms with E-state index in [1.807, 2.05) is 0 Å². The minimum Gasteiger partial charge on any atom is -0.379 e. The molecule has 0 bridgehead atoms. The van der Waals surface area contributed by atoms with E-state index in [2.05, 4.69) is 5.32 Å². The number of benzene rings is 1. The number of ether oxygens (including phenoxy) is 3. The van der Waals surface area contributed by atoms with E-state index >= 15 is 0 Å². The molecule has 2 aliphatic rings. The van der Waals surface area contributed by atoms with Gasteiger partial charge < -0.3 is 19.5 Å². The third-order valence-electron chi connectivity index (χ3n) is 4.93. The first kappa shape index (κ1) is 23.7. The summed E-state index contributed by atoms with van der Waals surface area (Å²) in [5.41, 5.74) is 0.0631. The second-order valence-electron chi connectivity index (χ2n) is 7.10. The summed E-state index contributed by atoms with van der Waals surface area (Å²) in [6.07, 6.45) is 2.86. The van der Waals surface area contributed by atoms with Crippen molar-refractivity contribution >= 4 is 39.1 Å². The van der Waals surface area contributed by atoms with Crippen molar-refractivity contribution < 1.29 is 27.4 Å². The topological polar surface area (TPSA) is 94.2 Å². The molecule has 1 atom stereocenters. The zero-order valence-corrected chi connectivity index (χ0v) is 18.9. The molecule has 1 unspecified atom stereocenters. The first-order chi connectivity index (χ1) is 14.4. The Bertz CT molecular complexity index is 840.